The molecule has 3 aromatic carbocycles. The highest BCUT2D eigenvalue weighted by atomic mass is 32.2. The zero-order valence-electron chi connectivity index (χ0n) is 22.2. The first-order valence-corrected chi connectivity index (χ1v) is 14.6. The van der Waals surface area contributed by atoms with Crippen molar-refractivity contribution in [1.82, 2.24) is 4.31 Å². The number of aryl methyl sites for hydroxylation is 1. The number of anilines is 2. The van der Waals surface area contributed by atoms with E-state index in [-0.39, 0.29) is 16.6 Å². The molecule has 1 fully saturated rings. The highest BCUT2D eigenvalue weighted by Gasteiger charge is 2.29. The molecule has 0 bridgehead atoms. The Kier molecular flexibility index (Phi) is 8.14. The van der Waals surface area contributed by atoms with Gasteiger partial charge in [0.15, 0.2) is 5.76 Å². The van der Waals surface area contributed by atoms with Crippen molar-refractivity contribution < 1.29 is 22.4 Å². The third-order valence-electron chi connectivity index (χ3n) is 7.18. The second-order valence-electron chi connectivity index (χ2n) is 9.98. The van der Waals surface area contributed by atoms with Gasteiger partial charge in [0.05, 0.1) is 11.2 Å². The summed E-state index contributed by atoms with van der Waals surface area (Å²) in [5.74, 6) is -0.166. The molecular formula is C31H31N3O5S. The molecule has 9 heteroatoms. The van der Waals surface area contributed by atoms with Crippen LogP contribution in [0.1, 0.15) is 44.9 Å². The quantitative estimate of drug-likeness (QED) is 0.287. The summed E-state index contributed by atoms with van der Waals surface area (Å²) in [5.41, 5.74) is 3.36. The lowest BCUT2D eigenvalue weighted by Gasteiger charge is -2.31. The van der Waals surface area contributed by atoms with E-state index in [9.17, 15) is 18.0 Å². The first kappa shape index (κ1) is 27.4. The first-order chi connectivity index (χ1) is 19.3. The number of nitrogens with one attached hydrogen (secondary N) is 2. The van der Waals surface area contributed by atoms with E-state index in [2.05, 4.69) is 22.8 Å². The standard InChI is InChI=1S/C31H31N3O5S/c1-22-9-10-25(21-28(22)33-31(36)29-8-5-19-39-29)30(35)32-26-11-13-27(14-12-26)40(37,38)34-17-15-24(16-18-34)20-23-6-3-2-4-7-23/h2-14,19,21,24H,15-18,20H2,1H3,(H,32,35)(H,33,36). The molecule has 0 atom stereocenters. The van der Waals surface area contributed by atoms with Crippen LogP contribution >= 0.6 is 0 Å². The number of rotatable bonds is 8. The SMILES string of the molecule is Cc1ccc(C(=O)Nc2ccc(S(=O)(=O)N3CCC(Cc4ccccc4)CC3)cc2)cc1NC(=O)c1ccco1. The number of benzene rings is 3. The molecule has 5 rings (SSSR count). The lowest BCUT2D eigenvalue weighted by atomic mass is 9.91. The van der Waals surface area contributed by atoms with Crippen molar-refractivity contribution in [2.24, 2.45) is 5.92 Å². The molecule has 206 valence electrons. The fraction of sp³-hybridized carbons (Fsp3) is 0.226. The van der Waals surface area contributed by atoms with Crippen molar-refractivity contribution in [1.29, 1.82) is 0 Å². The molecule has 2 amide bonds. The van der Waals surface area contributed by atoms with Crippen LogP contribution in [0.5, 0.6) is 0 Å². The molecule has 1 aliphatic heterocycles. The molecule has 0 spiro atoms. The van der Waals surface area contributed by atoms with Crippen LogP contribution in [0.4, 0.5) is 11.4 Å². The zero-order valence-corrected chi connectivity index (χ0v) is 23.0. The molecule has 2 heterocycles. The number of carbonyl (C=O) groups excluding carboxylic acids is 2. The van der Waals surface area contributed by atoms with E-state index in [0.717, 1.165) is 24.8 Å². The van der Waals surface area contributed by atoms with Gasteiger partial charge in [-0.1, -0.05) is 36.4 Å². The van der Waals surface area contributed by atoms with Gasteiger partial charge in [0.25, 0.3) is 11.8 Å². The van der Waals surface area contributed by atoms with Gasteiger partial charge in [-0.2, -0.15) is 4.31 Å². The molecule has 0 aliphatic carbocycles. The van der Waals surface area contributed by atoms with Gasteiger partial charge in [0.2, 0.25) is 10.0 Å². The Morgan fingerprint density at radius 1 is 0.875 bits per heavy atom. The molecule has 0 radical (unpaired) electrons. The van der Waals surface area contributed by atoms with E-state index in [1.807, 2.05) is 25.1 Å². The maximum Gasteiger partial charge on any atom is 0.291 e. The van der Waals surface area contributed by atoms with Crippen LogP contribution < -0.4 is 10.6 Å². The summed E-state index contributed by atoms with van der Waals surface area (Å²) in [5, 5.41) is 5.55. The van der Waals surface area contributed by atoms with Gasteiger partial charge in [-0.3, -0.25) is 9.59 Å². The molecule has 2 N–H and O–H groups in total. The van der Waals surface area contributed by atoms with Gasteiger partial charge in [-0.15, -0.1) is 0 Å². The van der Waals surface area contributed by atoms with E-state index >= 15 is 0 Å². The summed E-state index contributed by atoms with van der Waals surface area (Å²) in [6, 6.07) is 24.7. The Balaban J connectivity index is 1.19. The zero-order chi connectivity index (χ0) is 28.1. The summed E-state index contributed by atoms with van der Waals surface area (Å²) in [6.45, 7) is 2.81. The van der Waals surface area contributed by atoms with Crippen LogP contribution in [-0.4, -0.2) is 37.6 Å². The van der Waals surface area contributed by atoms with Crippen LogP contribution in [0.3, 0.4) is 0 Å². The van der Waals surface area contributed by atoms with Gasteiger partial charge in [-0.05, 0) is 91.8 Å². The summed E-state index contributed by atoms with van der Waals surface area (Å²) in [6.07, 6.45) is 4.02. The first-order valence-electron chi connectivity index (χ1n) is 13.2. The van der Waals surface area contributed by atoms with E-state index in [1.54, 1.807) is 46.8 Å². The Bertz CT molecular complexity index is 1580. The third-order valence-corrected chi connectivity index (χ3v) is 9.10. The monoisotopic (exact) mass is 557 g/mol. The summed E-state index contributed by atoms with van der Waals surface area (Å²) in [4.78, 5) is 25.5. The van der Waals surface area contributed by atoms with Crippen LogP contribution in [-0.2, 0) is 16.4 Å². The summed E-state index contributed by atoms with van der Waals surface area (Å²) in [7, 11) is -3.62. The summed E-state index contributed by atoms with van der Waals surface area (Å²) < 4.78 is 33.2. The minimum atomic E-state index is -3.62. The Morgan fingerprint density at radius 2 is 1.60 bits per heavy atom. The van der Waals surface area contributed by atoms with Gasteiger partial charge < -0.3 is 15.1 Å². The van der Waals surface area contributed by atoms with Gasteiger partial charge in [0, 0.05) is 30.0 Å². The van der Waals surface area contributed by atoms with E-state index in [1.165, 1.54) is 24.0 Å². The highest BCUT2D eigenvalue weighted by molar-refractivity contribution is 7.89. The van der Waals surface area contributed by atoms with E-state index in [0.29, 0.717) is 35.9 Å². The van der Waals surface area contributed by atoms with Crippen molar-refractivity contribution in [2.75, 3.05) is 23.7 Å². The number of hydrogen-bond acceptors (Lipinski definition) is 5. The number of piperidine rings is 1. The Labute approximate surface area is 234 Å². The molecule has 40 heavy (non-hydrogen) atoms. The Hall–Kier alpha value is -4.21. The van der Waals surface area contributed by atoms with Gasteiger partial charge in [-0.25, -0.2) is 8.42 Å². The number of nitrogens with zero attached hydrogens (tertiary/aromatic N) is 1. The predicted molar refractivity (Wildman–Crippen MR) is 154 cm³/mol. The highest BCUT2D eigenvalue weighted by Crippen LogP contribution is 2.27. The van der Waals surface area contributed by atoms with Crippen molar-refractivity contribution in [3.63, 3.8) is 0 Å². The molecule has 1 aromatic heterocycles. The van der Waals surface area contributed by atoms with E-state index < -0.39 is 15.9 Å². The largest absolute Gasteiger partial charge is 0.459 e. The molecule has 0 unspecified atom stereocenters. The third kappa shape index (κ3) is 6.32. The molecule has 8 nitrogen and oxygen atoms in total. The van der Waals surface area contributed by atoms with E-state index in [4.69, 9.17) is 4.42 Å². The minimum Gasteiger partial charge on any atom is -0.459 e. The molecular weight excluding hydrogens is 526 g/mol. The lowest BCUT2D eigenvalue weighted by Crippen LogP contribution is -2.38. The van der Waals surface area contributed by atoms with Crippen molar-refractivity contribution in [3.8, 4) is 0 Å². The van der Waals surface area contributed by atoms with Crippen molar-refractivity contribution in [3.05, 3.63) is 114 Å². The number of sulfonamides is 1. The van der Waals surface area contributed by atoms with Crippen LogP contribution in [0.25, 0.3) is 0 Å². The van der Waals surface area contributed by atoms with Crippen molar-refractivity contribution >= 4 is 33.2 Å². The smallest absolute Gasteiger partial charge is 0.291 e. The normalized spacial score (nSPS) is 14.5. The average Bonchev–Trinajstić information content (AvgIpc) is 3.51. The second kappa shape index (κ2) is 11.9. The van der Waals surface area contributed by atoms with Crippen LogP contribution in [0.15, 0.2) is 101 Å². The second-order valence-corrected chi connectivity index (χ2v) is 11.9. The topological polar surface area (TPSA) is 109 Å². The maximum atomic E-state index is 13.2. The number of furan rings is 1. The fourth-order valence-corrected chi connectivity index (χ4v) is 6.32. The Morgan fingerprint density at radius 3 is 2.27 bits per heavy atom. The number of amides is 2. The molecule has 4 aromatic rings. The van der Waals surface area contributed by atoms with Gasteiger partial charge in [0.1, 0.15) is 0 Å². The lowest BCUT2D eigenvalue weighted by molar-refractivity contribution is 0.0993. The number of hydrogen-bond donors (Lipinski definition) is 2. The van der Waals surface area contributed by atoms with Crippen molar-refractivity contribution in [2.45, 2.75) is 31.1 Å². The maximum absolute atomic E-state index is 13.2. The number of carbonyl (C=O) groups is 2. The molecule has 0 saturated carbocycles. The molecule has 1 aliphatic rings. The average molecular weight is 558 g/mol. The van der Waals surface area contributed by atoms with Gasteiger partial charge >= 0.3 is 0 Å². The predicted octanol–water partition coefficient (Wildman–Crippen LogP) is 5.74. The van der Waals surface area contributed by atoms with Crippen LogP contribution in [0.2, 0.25) is 0 Å². The summed E-state index contributed by atoms with van der Waals surface area (Å²) >= 11 is 0. The fourth-order valence-electron chi connectivity index (χ4n) is 4.85. The molecule has 1 saturated heterocycles. The minimum absolute atomic E-state index is 0.167. The van der Waals surface area contributed by atoms with Crippen LogP contribution in [0, 0.1) is 12.8 Å².